The third-order valence-corrected chi connectivity index (χ3v) is 6.89. The predicted molar refractivity (Wildman–Crippen MR) is 132 cm³/mol. The van der Waals surface area contributed by atoms with Gasteiger partial charge in [-0.05, 0) is 41.1 Å². The third kappa shape index (κ3) is 6.76. The highest BCUT2D eigenvalue weighted by Gasteiger charge is 2.34. The predicted octanol–water partition coefficient (Wildman–Crippen LogP) is 4.91. The summed E-state index contributed by atoms with van der Waals surface area (Å²) in [6, 6.07) is 12.1. The molecule has 10 heteroatoms. The fourth-order valence-corrected chi connectivity index (χ4v) is 4.92. The molecule has 2 N–H and O–H groups in total. The average molecular weight is 538 g/mol. The zero-order valence-corrected chi connectivity index (χ0v) is 21.3. The molecule has 2 heterocycles. The Labute approximate surface area is 204 Å². The summed E-state index contributed by atoms with van der Waals surface area (Å²) in [7, 11) is 3.12. The number of benzene rings is 1. The second-order valence-electron chi connectivity index (χ2n) is 7.04. The molecule has 0 bridgehead atoms. The number of carbonyl (C=O) groups is 1. The third-order valence-electron chi connectivity index (χ3n) is 4.61. The maximum absolute atomic E-state index is 12.6. The highest BCUT2D eigenvalue weighted by atomic mass is 79.9. The van der Waals surface area contributed by atoms with Gasteiger partial charge in [0.15, 0.2) is 5.13 Å². The number of ether oxygens (including phenoxy) is 2. The van der Waals surface area contributed by atoms with E-state index in [4.69, 9.17) is 9.47 Å². The van der Waals surface area contributed by atoms with Crippen LogP contribution in [0.1, 0.15) is 12.6 Å². The minimum absolute atomic E-state index is 0.198. The van der Waals surface area contributed by atoms with Crippen molar-refractivity contribution in [2.75, 3.05) is 32.7 Å². The van der Waals surface area contributed by atoms with Crippen LogP contribution in [0.15, 0.2) is 62.2 Å². The van der Waals surface area contributed by atoms with Crippen molar-refractivity contribution in [3.8, 4) is 0 Å². The number of carbonyl (C=O) groups excluding carboxylic acids is 1. The van der Waals surface area contributed by atoms with Crippen molar-refractivity contribution in [3.63, 3.8) is 0 Å². The van der Waals surface area contributed by atoms with Crippen molar-refractivity contribution in [1.82, 2.24) is 15.3 Å². The zero-order chi connectivity index (χ0) is 23.0. The number of halogens is 1. The zero-order valence-electron chi connectivity index (χ0n) is 18.1. The summed E-state index contributed by atoms with van der Waals surface area (Å²) in [4.78, 5) is 23.8. The lowest BCUT2D eigenvalue weighted by Gasteiger charge is -2.26. The van der Waals surface area contributed by atoms with Gasteiger partial charge in [-0.1, -0.05) is 30.0 Å². The SMILES string of the molecule is COCCNC(=O)C(C)(Cc1csc(Nc2ncc(Br)cc2Sc2ccccc2)n1)OC. The second-order valence-corrected chi connectivity index (χ2v) is 9.93. The maximum atomic E-state index is 12.6. The number of rotatable bonds is 11. The number of thiazole rings is 1. The van der Waals surface area contributed by atoms with Crippen molar-refractivity contribution in [2.45, 2.75) is 28.7 Å². The van der Waals surface area contributed by atoms with Gasteiger partial charge in [-0.15, -0.1) is 11.3 Å². The van der Waals surface area contributed by atoms with Crippen LogP contribution in [0.4, 0.5) is 10.9 Å². The van der Waals surface area contributed by atoms with Crippen molar-refractivity contribution in [2.24, 2.45) is 0 Å². The largest absolute Gasteiger partial charge is 0.383 e. The van der Waals surface area contributed by atoms with Gasteiger partial charge in [0.1, 0.15) is 11.4 Å². The van der Waals surface area contributed by atoms with Crippen LogP contribution in [0.2, 0.25) is 0 Å². The van der Waals surface area contributed by atoms with Gasteiger partial charge in [-0.25, -0.2) is 9.97 Å². The molecule has 0 spiro atoms. The fourth-order valence-electron chi connectivity index (χ4n) is 2.80. The topological polar surface area (TPSA) is 85.4 Å². The van der Waals surface area contributed by atoms with Gasteiger partial charge in [0.2, 0.25) is 0 Å². The Morgan fingerprint density at radius 3 is 2.78 bits per heavy atom. The minimum Gasteiger partial charge on any atom is -0.383 e. The van der Waals surface area contributed by atoms with Crippen LogP contribution in [-0.2, 0) is 20.7 Å². The first kappa shape index (κ1) is 24.7. The monoisotopic (exact) mass is 536 g/mol. The second kappa shape index (κ2) is 11.8. The molecule has 0 fully saturated rings. The van der Waals surface area contributed by atoms with Crippen molar-refractivity contribution >= 4 is 55.9 Å². The number of pyridine rings is 1. The first-order valence-electron chi connectivity index (χ1n) is 9.86. The van der Waals surface area contributed by atoms with E-state index in [1.54, 1.807) is 32.0 Å². The van der Waals surface area contributed by atoms with E-state index in [2.05, 4.69) is 48.7 Å². The summed E-state index contributed by atoms with van der Waals surface area (Å²) in [5.41, 5.74) is -0.262. The first-order valence-corrected chi connectivity index (χ1v) is 12.3. The molecule has 0 aliphatic heterocycles. The molecule has 1 unspecified atom stereocenters. The van der Waals surface area contributed by atoms with E-state index < -0.39 is 5.60 Å². The van der Waals surface area contributed by atoms with Crippen LogP contribution in [0.25, 0.3) is 0 Å². The number of methoxy groups -OCH3 is 2. The van der Waals surface area contributed by atoms with Crippen LogP contribution in [-0.4, -0.2) is 48.8 Å². The molecule has 0 saturated heterocycles. The molecular formula is C22H25BrN4O3S2. The van der Waals surface area contributed by atoms with E-state index in [1.807, 2.05) is 29.6 Å². The van der Waals surface area contributed by atoms with E-state index in [1.165, 1.54) is 18.4 Å². The Bertz CT molecular complexity index is 1040. The van der Waals surface area contributed by atoms with Crippen molar-refractivity contribution < 1.29 is 14.3 Å². The molecule has 1 amide bonds. The molecule has 3 aromatic rings. The molecule has 32 heavy (non-hydrogen) atoms. The minimum atomic E-state index is -1.02. The smallest absolute Gasteiger partial charge is 0.252 e. The molecule has 7 nitrogen and oxygen atoms in total. The van der Waals surface area contributed by atoms with E-state index in [9.17, 15) is 4.79 Å². The number of anilines is 2. The maximum Gasteiger partial charge on any atom is 0.252 e. The number of hydrogen-bond donors (Lipinski definition) is 2. The summed E-state index contributed by atoms with van der Waals surface area (Å²) in [6.45, 7) is 2.63. The van der Waals surface area contributed by atoms with Gasteiger partial charge >= 0.3 is 0 Å². The van der Waals surface area contributed by atoms with Crippen LogP contribution in [0.3, 0.4) is 0 Å². The summed E-state index contributed by atoms with van der Waals surface area (Å²) in [5.74, 6) is 0.519. The summed E-state index contributed by atoms with van der Waals surface area (Å²) in [5, 5.41) is 8.76. The number of hydrogen-bond acceptors (Lipinski definition) is 8. The molecule has 0 aliphatic carbocycles. The Balaban J connectivity index is 1.71. The number of amides is 1. The van der Waals surface area contributed by atoms with Gasteiger partial charge in [0.05, 0.1) is 17.2 Å². The average Bonchev–Trinajstić information content (AvgIpc) is 3.22. The molecule has 3 rings (SSSR count). The highest BCUT2D eigenvalue weighted by Crippen LogP contribution is 2.36. The molecule has 0 aliphatic rings. The van der Waals surface area contributed by atoms with E-state index >= 15 is 0 Å². The van der Waals surface area contributed by atoms with Gasteiger partial charge in [0.25, 0.3) is 5.91 Å². The Kier molecular flexibility index (Phi) is 9.06. The van der Waals surface area contributed by atoms with Gasteiger partial charge in [-0.2, -0.15) is 0 Å². The number of nitrogens with one attached hydrogen (secondary N) is 2. The van der Waals surface area contributed by atoms with E-state index in [0.29, 0.717) is 24.7 Å². The van der Waals surface area contributed by atoms with Crippen LogP contribution >= 0.6 is 39.0 Å². The lowest BCUT2D eigenvalue weighted by Crippen LogP contribution is -2.48. The van der Waals surface area contributed by atoms with Crippen LogP contribution in [0, 0.1) is 0 Å². The number of aromatic nitrogens is 2. The van der Waals surface area contributed by atoms with Gasteiger partial charge < -0.3 is 20.1 Å². The highest BCUT2D eigenvalue weighted by molar-refractivity contribution is 9.10. The summed E-state index contributed by atoms with van der Waals surface area (Å²) < 4.78 is 11.4. The molecule has 1 aromatic carbocycles. The van der Waals surface area contributed by atoms with E-state index in [-0.39, 0.29) is 5.91 Å². The molecular weight excluding hydrogens is 512 g/mol. The molecule has 0 saturated carbocycles. The van der Waals surface area contributed by atoms with Gasteiger partial charge in [0, 0.05) is 48.1 Å². The molecule has 2 aromatic heterocycles. The lowest BCUT2D eigenvalue weighted by molar-refractivity contribution is -0.141. The Morgan fingerprint density at radius 2 is 2.06 bits per heavy atom. The standard InChI is InChI=1S/C22H25BrN4O3S2/c1-22(30-3,20(28)24-9-10-29-2)12-16-14-31-21(26-16)27-19-18(11-15(23)13-25-19)32-17-7-5-4-6-8-17/h4-8,11,13-14H,9-10,12H2,1-3H3,(H,24,28)(H,25,26,27). The van der Waals surface area contributed by atoms with Gasteiger partial charge in [-0.3, -0.25) is 4.79 Å². The molecule has 0 radical (unpaired) electrons. The summed E-state index contributed by atoms with van der Waals surface area (Å²) in [6.07, 6.45) is 2.10. The van der Waals surface area contributed by atoms with Crippen molar-refractivity contribution in [1.29, 1.82) is 0 Å². The van der Waals surface area contributed by atoms with Crippen molar-refractivity contribution in [3.05, 3.63) is 58.1 Å². The Hall–Kier alpha value is -1.98. The number of nitrogens with zero attached hydrogens (tertiary/aromatic N) is 2. The fraction of sp³-hybridized carbons (Fsp3) is 0.318. The first-order chi connectivity index (χ1) is 15.4. The molecule has 170 valence electrons. The quantitative estimate of drug-likeness (QED) is 0.337. The van der Waals surface area contributed by atoms with Crippen LogP contribution < -0.4 is 10.6 Å². The molecule has 1 atom stereocenters. The lowest BCUT2D eigenvalue weighted by atomic mass is 9.99. The Morgan fingerprint density at radius 1 is 1.28 bits per heavy atom. The summed E-state index contributed by atoms with van der Waals surface area (Å²) >= 11 is 6.58. The van der Waals surface area contributed by atoms with Crippen LogP contribution in [0.5, 0.6) is 0 Å². The normalized spacial score (nSPS) is 12.9. The van der Waals surface area contributed by atoms with E-state index in [0.717, 1.165) is 25.8 Å².